The van der Waals surface area contributed by atoms with Crippen LogP contribution in [0, 0.1) is 13.8 Å². The molecule has 114 valence electrons. The van der Waals surface area contributed by atoms with Crippen LogP contribution in [0.25, 0.3) is 0 Å². The summed E-state index contributed by atoms with van der Waals surface area (Å²) >= 11 is 1.19. The smallest absolute Gasteiger partial charge is 0.273 e. The molecule has 0 amide bonds. The molecule has 2 aromatic rings. The van der Waals surface area contributed by atoms with Crippen molar-refractivity contribution in [2.45, 2.75) is 24.6 Å². The zero-order valence-corrected chi connectivity index (χ0v) is 14.2. The fourth-order valence-corrected chi connectivity index (χ4v) is 4.60. The second kappa shape index (κ2) is 6.13. The second-order valence-corrected chi connectivity index (χ2v) is 8.23. The minimum absolute atomic E-state index is 0.276. The summed E-state index contributed by atoms with van der Waals surface area (Å²) in [4.78, 5) is 6.20. The summed E-state index contributed by atoms with van der Waals surface area (Å²) in [7, 11) is 0.369. The standard InChI is InChI=1S/C14H19N3O2S2/c1-10-14(20-11(2)15-10)21(18,19)16-13-7-5-6-12(8-13)9-17(3)4/h5-8,16H,9H2,1-4H3. The van der Waals surface area contributed by atoms with Gasteiger partial charge in [-0.25, -0.2) is 13.4 Å². The maximum Gasteiger partial charge on any atom is 0.273 e. The Morgan fingerprint density at radius 2 is 2.00 bits per heavy atom. The lowest BCUT2D eigenvalue weighted by molar-refractivity contribution is 0.402. The lowest BCUT2D eigenvalue weighted by atomic mass is 10.2. The van der Waals surface area contributed by atoms with Crippen LogP contribution in [0.5, 0.6) is 0 Å². The van der Waals surface area contributed by atoms with Crippen LogP contribution < -0.4 is 4.72 Å². The monoisotopic (exact) mass is 325 g/mol. The van der Waals surface area contributed by atoms with Crippen molar-refractivity contribution in [3.05, 3.63) is 40.5 Å². The first kappa shape index (κ1) is 15.9. The van der Waals surface area contributed by atoms with Gasteiger partial charge in [-0.2, -0.15) is 0 Å². The minimum Gasteiger partial charge on any atom is -0.305 e. The molecule has 1 heterocycles. The number of rotatable bonds is 5. The molecule has 0 spiro atoms. The molecule has 0 fully saturated rings. The number of nitrogens with one attached hydrogen (secondary N) is 1. The van der Waals surface area contributed by atoms with Gasteiger partial charge in [0.25, 0.3) is 10.0 Å². The third kappa shape index (κ3) is 4.03. The summed E-state index contributed by atoms with van der Waals surface area (Å²) in [6, 6.07) is 7.42. The van der Waals surface area contributed by atoms with Crippen LogP contribution in [0.1, 0.15) is 16.3 Å². The number of nitrogens with zero attached hydrogens (tertiary/aromatic N) is 2. The molecular formula is C14H19N3O2S2. The highest BCUT2D eigenvalue weighted by Gasteiger charge is 2.21. The second-order valence-electron chi connectivity index (χ2n) is 5.15. The highest BCUT2D eigenvalue weighted by Crippen LogP contribution is 2.25. The molecule has 1 aromatic heterocycles. The Morgan fingerprint density at radius 1 is 1.29 bits per heavy atom. The number of sulfonamides is 1. The first-order valence-electron chi connectivity index (χ1n) is 6.48. The van der Waals surface area contributed by atoms with Crippen LogP contribution in [0.15, 0.2) is 28.5 Å². The van der Waals surface area contributed by atoms with E-state index in [0.29, 0.717) is 11.4 Å². The fraction of sp³-hybridized carbons (Fsp3) is 0.357. The molecule has 0 radical (unpaired) electrons. The highest BCUT2D eigenvalue weighted by atomic mass is 32.2. The predicted molar refractivity (Wildman–Crippen MR) is 86.2 cm³/mol. The first-order chi connectivity index (χ1) is 9.78. The van der Waals surface area contributed by atoms with E-state index in [2.05, 4.69) is 9.71 Å². The van der Waals surface area contributed by atoms with E-state index < -0.39 is 10.0 Å². The average Bonchev–Trinajstić information content (AvgIpc) is 2.68. The van der Waals surface area contributed by atoms with E-state index >= 15 is 0 Å². The molecule has 2 rings (SSSR count). The van der Waals surface area contributed by atoms with E-state index in [1.165, 1.54) is 11.3 Å². The SMILES string of the molecule is Cc1nc(C)c(S(=O)(=O)Nc2cccc(CN(C)C)c2)s1. The predicted octanol–water partition coefficient (Wildman–Crippen LogP) is 2.62. The van der Waals surface area contributed by atoms with Crippen molar-refractivity contribution in [1.82, 2.24) is 9.88 Å². The number of hydrogen-bond acceptors (Lipinski definition) is 5. The maximum absolute atomic E-state index is 12.4. The lowest BCUT2D eigenvalue weighted by Gasteiger charge is -2.12. The minimum atomic E-state index is -3.58. The van der Waals surface area contributed by atoms with E-state index in [4.69, 9.17) is 0 Å². The maximum atomic E-state index is 12.4. The number of anilines is 1. The van der Waals surface area contributed by atoms with Crippen molar-refractivity contribution in [3.8, 4) is 0 Å². The molecule has 0 saturated carbocycles. The molecule has 1 N–H and O–H groups in total. The summed E-state index contributed by atoms with van der Waals surface area (Å²) in [5, 5.41) is 0.745. The van der Waals surface area contributed by atoms with Gasteiger partial charge in [0.1, 0.15) is 0 Å². The van der Waals surface area contributed by atoms with Gasteiger partial charge in [-0.05, 0) is 45.6 Å². The van der Waals surface area contributed by atoms with Crippen molar-refractivity contribution < 1.29 is 8.42 Å². The van der Waals surface area contributed by atoms with Gasteiger partial charge in [-0.3, -0.25) is 4.72 Å². The summed E-state index contributed by atoms with van der Waals surface area (Å²) in [5.41, 5.74) is 2.16. The first-order valence-corrected chi connectivity index (χ1v) is 8.78. The number of benzene rings is 1. The van der Waals surface area contributed by atoms with E-state index in [1.807, 2.05) is 37.2 Å². The molecule has 0 aliphatic heterocycles. The van der Waals surface area contributed by atoms with Crippen LogP contribution in [-0.2, 0) is 16.6 Å². The molecule has 0 aliphatic carbocycles. The Morgan fingerprint density at radius 3 is 2.57 bits per heavy atom. The summed E-state index contributed by atoms with van der Waals surface area (Å²) in [6.45, 7) is 4.27. The van der Waals surface area contributed by atoms with E-state index in [1.54, 1.807) is 19.9 Å². The summed E-state index contributed by atoms with van der Waals surface area (Å²) in [5.74, 6) is 0. The highest BCUT2D eigenvalue weighted by molar-refractivity contribution is 7.94. The quantitative estimate of drug-likeness (QED) is 0.918. The average molecular weight is 325 g/mol. The Kier molecular flexibility index (Phi) is 4.65. The van der Waals surface area contributed by atoms with Crippen LogP contribution in [0.4, 0.5) is 5.69 Å². The number of hydrogen-bond donors (Lipinski definition) is 1. The Labute approximate surface area is 129 Å². The van der Waals surface area contributed by atoms with E-state index in [9.17, 15) is 8.42 Å². The van der Waals surface area contributed by atoms with Crippen molar-refractivity contribution in [1.29, 1.82) is 0 Å². The largest absolute Gasteiger partial charge is 0.305 e. The molecule has 0 unspecified atom stereocenters. The van der Waals surface area contributed by atoms with Crippen LogP contribution in [0.2, 0.25) is 0 Å². The van der Waals surface area contributed by atoms with Gasteiger partial charge >= 0.3 is 0 Å². The van der Waals surface area contributed by atoms with Crippen molar-refractivity contribution in [3.63, 3.8) is 0 Å². The Bertz CT molecular complexity index is 736. The van der Waals surface area contributed by atoms with Gasteiger partial charge in [-0.1, -0.05) is 12.1 Å². The molecule has 1 aromatic carbocycles. The van der Waals surface area contributed by atoms with Gasteiger partial charge in [0.05, 0.1) is 10.7 Å². The summed E-state index contributed by atoms with van der Waals surface area (Å²) in [6.07, 6.45) is 0. The lowest BCUT2D eigenvalue weighted by Crippen LogP contribution is -2.14. The number of aromatic nitrogens is 1. The van der Waals surface area contributed by atoms with Gasteiger partial charge in [0.2, 0.25) is 0 Å². The van der Waals surface area contributed by atoms with Gasteiger partial charge < -0.3 is 4.90 Å². The molecular weight excluding hydrogens is 306 g/mol. The third-order valence-electron chi connectivity index (χ3n) is 2.78. The molecule has 0 atom stereocenters. The molecule has 5 nitrogen and oxygen atoms in total. The molecule has 21 heavy (non-hydrogen) atoms. The molecule has 0 saturated heterocycles. The van der Waals surface area contributed by atoms with Gasteiger partial charge in [0.15, 0.2) is 4.21 Å². The van der Waals surface area contributed by atoms with Crippen molar-refractivity contribution in [2.24, 2.45) is 0 Å². The topological polar surface area (TPSA) is 62.3 Å². The van der Waals surface area contributed by atoms with Gasteiger partial charge in [0, 0.05) is 12.2 Å². The van der Waals surface area contributed by atoms with Crippen molar-refractivity contribution >= 4 is 27.0 Å². The molecule has 0 bridgehead atoms. The fourth-order valence-electron chi connectivity index (χ4n) is 2.06. The van der Waals surface area contributed by atoms with Gasteiger partial charge in [-0.15, -0.1) is 11.3 Å². The van der Waals surface area contributed by atoms with E-state index in [0.717, 1.165) is 17.1 Å². The Balaban J connectivity index is 2.27. The van der Waals surface area contributed by atoms with E-state index in [-0.39, 0.29) is 4.21 Å². The number of aryl methyl sites for hydroxylation is 2. The molecule has 7 heteroatoms. The van der Waals surface area contributed by atoms with Crippen molar-refractivity contribution in [2.75, 3.05) is 18.8 Å². The summed E-state index contributed by atoms with van der Waals surface area (Å²) < 4.78 is 27.7. The third-order valence-corrected chi connectivity index (χ3v) is 5.85. The Hall–Kier alpha value is -1.44. The van der Waals surface area contributed by atoms with Crippen LogP contribution in [0.3, 0.4) is 0 Å². The van der Waals surface area contributed by atoms with Crippen LogP contribution in [-0.4, -0.2) is 32.4 Å². The normalized spacial score (nSPS) is 11.9. The zero-order chi connectivity index (χ0) is 15.6. The van der Waals surface area contributed by atoms with Crippen LogP contribution >= 0.6 is 11.3 Å². The zero-order valence-electron chi connectivity index (χ0n) is 12.5. The number of thiazole rings is 1. The molecule has 0 aliphatic rings.